The molecular weight excluding hydrogens is 283 g/mol. The highest BCUT2D eigenvalue weighted by Gasteiger charge is 2.21. The van der Waals surface area contributed by atoms with Crippen molar-refractivity contribution in [1.82, 2.24) is 9.80 Å². The molecule has 0 N–H and O–H groups in total. The van der Waals surface area contributed by atoms with E-state index in [1.165, 1.54) is 12.1 Å². The Bertz CT molecular complexity index is 651. The molecule has 0 bridgehead atoms. The number of carbonyl (C=O) groups is 1. The minimum atomic E-state index is -0.291. The first kappa shape index (κ1) is 14.8. The third kappa shape index (κ3) is 3.20. The summed E-state index contributed by atoms with van der Waals surface area (Å²) in [6.45, 7) is 3.33. The molecule has 0 atom stereocenters. The molecule has 3 rings (SSSR count). The summed E-state index contributed by atoms with van der Waals surface area (Å²) in [6, 6.07) is 9.49. The van der Waals surface area contributed by atoms with Crippen molar-refractivity contribution in [3.05, 3.63) is 48.0 Å². The van der Waals surface area contributed by atoms with E-state index in [4.69, 9.17) is 4.42 Å². The zero-order valence-corrected chi connectivity index (χ0v) is 12.6. The third-order valence-corrected chi connectivity index (χ3v) is 3.95. The Balaban J connectivity index is 1.75. The average Bonchev–Trinajstić information content (AvgIpc) is 2.90. The maximum absolute atomic E-state index is 13.0. The molecular formula is C17H19FN2O2. The fourth-order valence-electron chi connectivity index (χ4n) is 2.63. The normalized spacial score (nSPS) is 16.5. The zero-order chi connectivity index (χ0) is 15.5. The zero-order valence-electron chi connectivity index (χ0n) is 12.6. The van der Waals surface area contributed by atoms with Crippen LogP contribution in [0.25, 0.3) is 11.3 Å². The maximum atomic E-state index is 13.0. The van der Waals surface area contributed by atoms with Crippen molar-refractivity contribution in [2.45, 2.75) is 6.42 Å². The van der Waals surface area contributed by atoms with Crippen LogP contribution in [0.2, 0.25) is 0 Å². The van der Waals surface area contributed by atoms with Gasteiger partial charge in [0.1, 0.15) is 11.6 Å². The minimum Gasteiger partial charge on any atom is -0.451 e. The van der Waals surface area contributed by atoms with Crippen molar-refractivity contribution in [2.75, 3.05) is 33.2 Å². The molecule has 2 aromatic rings. The molecule has 1 saturated heterocycles. The molecule has 0 spiro atoms. The lowest BCUT2D eigenvalue weighted by molar-refractivity contribution is 0.0732. The number of amides is 1. The van der Waals surface area contributed by atoms with Gasteiger partial charge in [0.2, 0.25) is 0 Å². The maximum Gasteiger partial charge on any atom is 0.289 e. The van der Waals surface area contributed by atoms with Crippen molar-refractivity contribution < 1.29 is 13.6 Å². The van der Waals surface area contributed by atoms with Gasteiger partial charge in [0.25, 0.3) is 5.91 Å². The number of benzene rings is 1. The predicted molar refractivity (Wildman–Crippen MR) is 82.1 cm³/mol. The molecule has 116 valence electrons. The molecule has 0 unspecified atom stereocenters. The summed E-state index contributed by atoms with van der Waals surface area (Å²) in [6.07, 6.45) is 0.966. The molecule has 1 aliphatic rings. The van der Waals surface area contributed by atoms with Crippen LogP contribution >= 0.6 is 0 Å². The number of likely N-dealkylation sites (N-methyl/N-ethyl adjacent to an activating group) is 1. The number of carbonyl (C=O) groups excluding carboxylic acids is 1. The topological polar surface area (TPSA) is 36.7 Å². The van der Waals surface area contributed by atoms with E-state index in [2.05, 4.69) is 11.9 Å². The van der Waals surface area contributed by atoms with Crippen LogP contribution in [-0.4, -0.2) is 48.9 Å². The largest absolute Gasteiger partial charge is 0.451 e. The Labute approximate surface area is 129 Å². The number of furan rings is 1. The van der Waals surface area contributed by atoms with Crippen molar-refractivity contribution in [3.8, 4) is 11.3 Å². The van der Waals surface area contributed by atoms with Crippen LogP contribution in [-0.2, 0) is 0 Å². The van der Waals surface area contributed by atoms with Crippen molar-refractivity contribution in [2.24, 2.45) is 0 Å². The van der Waals surface area contributed by atoms with E-state index in [0.29, 0.717) is 18.1 Å². The molecule has 1 aromatic carbocycles. The van der Waals surface area contributed by atoms with E-state index in [9.17, 15) is 9.18 Å². The Morgan fingerprint density at radius 2 is 1.82 bits per heavy atom. The SMILES string of the molecule is CN1CCCN(C(=O)c2ccc(-c3ccc(F)cc3)o2)CC1. The third-order valence-electron chi connectivity index (χ3n) is 3.95. The van der Waals surface area contributed by atoms with Crippen molar-refractivity contribution >= 4 is 5.91 Å². The van der Waals surface area contributed by atoms with E-state index >= 15 is 0 Å². The van der Waals surface area contributed by atoms with Crippen molar-refractivity contribution in [3.63, 3.8) is 0 Å². The summed E-state index contributed by atoms with van der Waals surface area (Å²) in [5.41, 5.74) is 0.760. The highest BCUT2D eigenvalue weighted by molar-refractivity contribution is 5.92. The Morgan fingerprint density at radius 3 is 2.59 bits per heavy atom. The van der Waals surface area contributed by atoms with E-state index < -0.39 is 0 Å². The Morgan fingerprint density at radius 1 is 1.05 bits per heavy atom. The van der Waals surface area contributed by atoms with Crippen LogP contribution in [0, 0.1) is 5.82 Å². The summed E-state index contributed by atoms with van der Waals surface area (Å²) in [4.78, 5) is 16.6. The second-order valence-electron chi connectivity index (χ2n) is 5.62. The van der Waals surface area contributed by atoms with Gasteiger partial charge in [-0.2, -0.15) is 0 Å². The Kier molecular flexibility index (Phi) is 4.24. The molecule has 0 saturated carbocycles. The van der Waals surface area contributed by atoms with Gasteiger partial charge in [-0.05, 0) is 56.4 Å². The van der Waals surface area contributed by atoms with Crippen LogP contribution in [0.1, 0.15) is 17.0 Å². The van der Waals surface area contributed by atoms with Crippen LogP contribution in [0.15, 0.2) is 40.8 Å². The highest BCUT2D eigenvalue weighted by Crippen LogP contribution is 2.23. The van der Waals surface area contributed by atoms with Gasteiger partial charge in [0, 0.05) is 25.2 Å². The smallest absolute Gasteiger partial charge is 0.289 e. The monoisotopic (exact) mass is 302 g/mol. The lowest BCUT2D eigenvalue weighted by atomic mass is 10.2. The van der Waals surface area contributed by atoms with Gasteiger partial charge >= 0.3 is 0 Å². The first-order valence-corrected chi connectivity index (χ1v) is 7.47. The van der Waals surface area contributed by atoms with E-state index in [-0.39, 0.29) is 11.7 Å². The first-order chi connectivity index (χ1) is 10.6. The fraction of sp³-hybridized carbons (Fsp3) is 0.353. The molecule has 1 amide bonds. The summed E-state index contributed by atoms with van der Waals surface area (Å²) in [5, 5.41) is 0. The van der Waals surface area contributed by atoms with Crippen molar-refractivity contribution in [1.29, 1.82) is 0 Å². The molecule has 0 aliphatic carbocycles. The van der Waals surface area contributed by atoms with Gasteiger partial charge in [0.05, 0.1) is 0 Å². The lowest BCUT2D eigenvalue weighted by Gasteiger charge is -2.19. The summed E-state index contributed by atoms with van der Waals surface area (Å²) in [5.74, 6) is 0.545. The predicted octanol–water partition coefficient (Wildman–Crippen LogP) is 2.86. The van der Waals surface area contributed by atoms with E-state index in [0.717, 1.165) is 31.6 Å². The number of nitrogens with zero attached hydrogens (tertiary/aromatic N) is 2. The van der Waals surface area contributed by atoms with Crippen LogP contribution in [0.3, 0.4) is 0 Å². The van der Waals surface area contributed by atoms with Gasteiger partial charge in [-0.25, -0.2) is 4.39 Å². The van der Waals surface area contributed by atoms with Crippen LogP contribution < -0.4 is 0 Å². The van der Waals surface area contributed by atoms with Gasteiger partial charge < -0.3 is 14.2 Å². The fourth-order valence-corrected chi connectivity index (χ4v) is 2.63. The standard InChI is InChI=1S/C17H19FN2O2/c1-19-9-2-10-20(12-11-19)17(21)16-8-7-15(22-16)13-3-5-14(18)6-4-13/h3-8H,2,9-12H2,1H3. The quantitative estimate of drug-likeness (QED) is 0.856. The summed E-state index contributed by atoms with van der Waals surface area (Å²) in [7, 11) is 2.06. The molecule has 0 radical (unpaired) electrons. The number of halogens is 1. The Hall–Kier alpha value is -2.14. The minimum absolute atomic E-state index is 0.0799. The van der Waals surface area contributed by atoms with Gasteiger partial charge in [-0.3, -0.25) is 4.79 Å². The number of rotatable bonds is 2. The summed E-state index contributed by atoms with van der Waals surface area (Å²) >= 11 is 0. The van der Waals surface area contributed by atoms with Gasteiger partial charge in [-0.15, -0.1) is 0 Å². The molecule has 1 fully saturated rings. The number of hydrogen-bond donors (Lipinski definition) is 0. The number of hydrogen-bond acceptors (Lipinski definition) is 3. The molecule has 22 heavy (non-hydrogen) atoms. The van der Waals surface area contributed by atoms with E-state index in [1.807, 2.05) is 4.90 Å². The molecule has 1 aliphatic heterocycles. The second kappa shape index (κ2) is 6.32. The second-order valence-corrected chi connectivity index (χ2v) is 5.62. The highest BCUT2D eigenvalue weighted by atomic mass is 19.1. The van der Waals surface area contributed by atoms with Crippen LogP contribution in [0.5, 0.6) is 0 Å². The average molecular weight is 302 g/mol. The molecule has 1 aromatic heterocycles. The summed E-state index contributed by atoms with van der Waals surface area (Å²) < 4.78 is 18.6. The molecule has 5 heteroatoms. The molecule has 2 heterocycles. The van der Waals surface area contributed by atoms with Gasteiger partial charge in [0.15, 0.2) is 5.76 Å². The van der Waals surface area contributed by atoms with Crippen LogP contribution in [0.4, 0.5) is 4.39 Å². The molecule has 4 nitrogen and oxygen atoms in total. The lowest BCUT2D eigenvalue weighted by Crippen LogP contribution is -2.34. The van der Waals surface area contributed by atoms with Gasteiger partial charge in [-0.1, -0.05) is 0 Å². The first-order valence-electron chi connectivity index (χ1n) is 7.47. The van der Waals surface area contributed by atoms with E-state index in [1.54, 1.807) is 24.3 Å².